The first-order valence-electron chi connectivity index (χ1n) is 8.57. The zero-order valence-electron chi connectivity index (χ0n) is 15.3. The maximum atomic E-state index is 5.84. The molecule has 0 atom stereocenters. The number of aromatic nitrogens is 2. The molecule has 0 bridgehead atoms. The second kappa shape index (κ2) is 7.42. The summed E-state index contributed by atoms with van der Waals surface area (Å²) >= 11 is 0. The minimum absolute atomic E-state index is 0.589. The van der Waals surface area contributed by atoms with Gasteiger partial charge in [-0.2, -0.15) is 5.10 Å². The summed E-state index contributed by atoms with van der Waals surface area (Å²) in [6.45, 7) is 8.13. The lowest BCUT2D eigenvalue weighted by molar-refractivity contribution is 0.538. The van der Waals surface area contributed by atoms with Gasteiger partial charge in [0.1, 0.15) is 11.3 Å². The highest BCUT2D eigenvalue weighted by molar-refractivity contribution is 5.80. The van der Waals surface area contributed by atoms with E-state index in [0.717, 1.165) is 40.6 Å². The van der Waals surface area contributed by atoms with Crippen molar-refractivity contribution in [2.45, 2.75) is 33.9 Å². The van der Waals surface area contributed by atoms with Crippen molar-refractivity contribution in [2.24, 2.45) is 12.0 Å². The van der Waals surface area contributed by atoms with Crippen LogP contribution in [0.15, 0.2) is 39.7 Å². The molecule has 2 N–H and O–H groups in total. The number of rotatable bonds is 5. The van der Waals surface area contributed by atoms with Gasteiger partial charge in [-0.1, -0.05) is 18.2 Å². The lowest BCUT2D eigenvalue weighted by Crippen LogP contribution is -2.36. The molecule has 3 rings (SSSR count). The van der Waals surface area contributed by atoms with Crippen LogP contribution in [0.25, 0.3) is 11.0 Å². The predicted molar refractivity (Wildman–Crippen MR) is 101 cm³/mol. The fraction of sp³-hybridized carbons (Fsp3) is 0.368. The van der Waals surface area contributed by atoms with Crippen LogP contribution in [-0.4, -0.2) is 22.3 Å². The third-order valence-electron chi connectivity index (χ3n) is 4.31. The molecular weight excluding hydrogens is 314 g/mol. The van der Waals surface area contributed by atoms with Gasteiger partial charge in [0, 0.05) is 30.2 Å². The number of benzene rings is 1. The standard InChI is InChI=1S/C19H25N5O/c1-5-20-19(22-12-17-13(2)23-24(4)14(17)3)21-11-16-10-15-8-6-7-9-18(15)25-16/h6-10H,5,11-12H2,1-4H3,(H2,20,21,22). The van der Waals surface area contributed by atoms with Crippen LogP contribution in [0, 0.1) is 13.8 Å². The molecule has 132 valence electrons. The SMILES string of the molecule is CCNC(=NCc1c(C)nn(C)c1C)NCc1cc2ccccc2o1. The van der Waals surface area contributed by atoms with Crippen molar-refractivity contribution in [3.63, 3.8) is 0 Å². The van der Waals surface area contributed by atoms with Crippen molar-refractivity contribution in [3.8, 4) is 0 Å². The summed E-state index contributed by atoms with van der Waals surface area (Å²) in [4.78, 5) is 4.69. The normalized spacial score (nSPS) is 11.9. The van der Waals surface area contributed by atoms with E-state index >= 15 is 0 Å². The van der Waals surface area contributed by atoms with E-state index in [-0.39, 0.29) is 0 Å². The first-order valence-corrected chi connectivity index (χ1v) is 8.57. The number of fused-ring (bicyclic) bond motifs is 1. The van der Waals surface area contributed by atoms with Crippen LogP contribution >= 0.6 is 0 Å². The molecule has 6 heteroatoms. The molecule has 0 aliphatic rings. The van der Waals surface area contributed by atoms with E-state index in [1.54, 1.807) is 0 Å². The highest BCUT2D eigenvalue weighted by Crippen LogP contribution is 2.18. The minimum atomic E-state index is 0.589. The molecule has 0 aliphatic heterocycles. The Morgan fingerprint density at radius 1 is 1.24 bits per heavy atom. The Morgan fingerprint density at radius 2 is 2.04 bits per heavy atom. The number of hydrogen-bond acceptors (Lipinski definition) is 3. The molecule has 2 aromatic heterocycles. The summed E-state index contributed by atoms with van der Waals surface area (Å²) in [5.41, 5.74) is 4.25. The first-order chi connectivity index (χ1) is 12.1. The Hall–Kier alpha value is -2.76. The molecule has 6 nitrogen and oxygen atoms in total. The summed E-state index contributed by atoms with van der Waals surface area (Å²) in [5, 5.41) is 12.2. The second-order valence-electron chi connectivity index (χ2n) is 6.07. The van der Waals surface area contributed by atoms with Gasteiger partial charge in [0.05, 0.1) is 18.8 Å². The van der Waals surface area contributed by atoms with Crippen molar-refractivity contribution in [3.05, 3.63) is 53.0 Å². The topological polar surface area (TPSA) is 67.4 Å². The number of aliphatic imine (C=N–C) groups is 1. The van der Waals surface area contributed by atoms with Crippen LogP contribution in [0.1, 0.15) is 29.6 Å². The smallest absolute Gasteiger partial charge is 0.191 e. The number of hydrogen-bond donors (Lipinski definition) is 2. The lowest BCUT2D eigenvalue weighted by atomic mass is 10.2. The van der Waals surface area contributed by atoms with Crippen LogP contribution in [0.2, 0.25) is 0 Å². The number of nitrogens with one attached hydrogen (secondary N) is 2. The van der Waals surface area contributed by atoms with E-state index in [1.807, 2.05) is 36.9 Å². The fourth-order valence-corrected chi connectivity index (χ4v) is 2.84. The van der Waals surface area contributed by atoms with E-state index in [0.29, 0.717) is 13.1 Å². The number of guanidine groups is 1. The molecule has 0 saturated heterocycles. The fourth-order valence-electron chi connectivity index (χ4n) is 2.84. The monoisotopic (exact) mass is 339 g/mol. The molecule has 0 amide bonds. The van der Waals surface area contributed by atoms with Gasteiger partial charge in [0.2, 0.25) is 0 Å². The van der Waals surface area contributed by atoms with Gasteiger partial charge in [0.25, 0.3) is 0 Å². The van der Waals surface area contributed by atoms with Gasteiger partial charge < -0.3 is 15.1 Å². The van der Waals surface area contributed by atoms with E-state index in [2.05, 4.69) is 46.7 Å². The molecule has 1 aromatic carbocycles. The van der Waals surface area contributed by atoms with Crippen LogP contribution in [0.3, 0.4) is 0 Å². The van der Waals surface area contributed by atoms with Gasteiger partial charge in [-0.25, -0.2) is 4.99 Å². The number of aryl methyl sites for hydroxylation is 2. The third kappa shape index (κ3) is 3.84. The Morgan fingerprint density at radius 3 is 2.72 bits per heavy atom. The predicted octanol–water partition coefficient (Wildman–Crippen LogP) is 3.04. The van der Waals surface area contributed by atoms with E-state index in [1.165, 1.54) is 5.56 Å². The molecule has 0 aliphatic carbocycles. The number of para-hydroxylation sites is 1. The van der Waals surface area contributed by atoms with Crippen molar-refractivity contribution >= 4 is 16.9 Å². The third-order valence-corrected chi connectivity index (χ3v) is 4.31. The molecule has 3 aromatic rings. The first kappa shape index (κ1) is 17.1. The van der Waals surface area contributed by atoms with Crippen LogP contribution in [-0.2, 0) is 20.1 Å². The second-order valence-corrected chi connectivity index (χ2v) is 6.07. The van der Waals surface area contributed by atoms with Crippen molar-refractivity contribution in [1.82, 2.24) is 20.4 Å². The van der Waals surface area contributed by atoms with Gasteiger partial charge in [0.15, 0.2) is 5.96 Å². The average Bonchev–Trinajstić information content (AvgIpc) is 3.11. The van der Waals surface area contributed by atoms with E-state index in [9.17, 15) is 0 Å². The van der Waals surface area contributed by atoms with Gasteiger partial charge in [-0.05, 0) is 32.9 Å². The molecule has 0 fully saturated rings. The zero-order valence-corrected chi connectivity index (χ0v) is 15.3. The van der Waals surface area contributed by atoms with E-state index < -0.39 is 0 Å². The lowest BCUT2D eigenvalue weighted by Gasteiger charge is -2.10. The molecule has 0 radical (unpaired) electrons. The maximum Gasteiger partial charge on any atom is 0.191 e. The van der Waals surface area contributed by atoms with E-state index in [4.69, 9.17) is 4.42 Å². The number of furan rings is 1. The molecule has 0 unspecified atom stereocenters. The Balaban J connectivity index is 1.70. The molecular formula is C19H25N5O. The van der Waals surface area contributed by atoms with Crippen LogP contribution in [0.5, 0.6) is 0 Å². The summed E-state index contributed by atoms with van der Waals surface area (Å²) < 4.78 is 7.74. The van der Waals surface area contributed by atoms with Gasteiger partial charge in [-0.15, -0.1) is 0 Å². The highest BCUT2D eigenvalue weighted by Gasteiger charge is 2.09. The highest BCUT2D eigenvalue weighted by atomic mass is 16.3. The van der Waals surface area contributed by atoms with Gasteiger partial charge in [-0.3, -0.25) is 4.68 Å². The van der Waals surface area contributed by atoms with Crippen molar-refractivity contribution < 1.29 is 4.42 Å². The molecule has 0 saturated carbocycles. The van der Waals surface area contributed by atoms with Gasteiger partial charge >= 0.3 is 0 Å². The Kier molecular flexibility index (Phi) is 5.07. The minimum Gasteiger partial charge on any atom is -0.459 e. The molecule has 2 heterocycles. The summed E-state index contributed by atoms with van der Waals surface area (Å²) in [5.74, 6) is 1.66. The largest absolute Gasteiger partial charge is 0.459 e. The van der Waals surface area contributed by atoms with Crippen molar-refractivity contribution in [1.29, 1.82) is 0 Å². The molecule has 0 spiro atoms. The Labute approximate surface area is 147 Å². The summed E-state index contributed by atoms with van der Waals surface area (Å²) in [6.07, 6.45) is 0. The average molecular weight is 339 g/mol. The summed E-state index contributed by atoms with van der Waals surface area (Å²) in [6, 6.07) is 10.1. The maximum absolute atomic E-state index is 5.84. The Bertz CT molecular complexity index is 857. The van der Waals surface area contributed by atoms with Crippen molar-refractivity contribution in [2.75, 3.05) is 6.54 Å². The van der Waals surface area contributed by atoms with Crippen LogP contribution in [0.4, 0.5) is 0 Å². The summed E-state index contributed by atoms with van der Waals surface area (Å²) in [7, 11) is 1.96. The number of nitrogens with zero attached hydrogens (tertiary/aromatic N) is 3. The quantitative estimate of drug-likeness (QED) is 0.554. The van der Waals surface area contributed by atoms with Crippen LogP contribution < -0.4 is 10.6 Å². The zero-order chi connectivity index (χ0) is 17.8. The molecule has 25 heavy (non-hydrogen) atoms.